The average molecular weight is 326 g/mol. The number of ether oxygens (including phenoxy) is 2. The number of hydrogen-bond acceptors (Lipinski definition) is 3. The highest BCUT2D eigenvalue weighted by Gasteiger charge is 2.21. The molecule has 0 bridgehead atoms. The number of esters is 1. The van der Waals surface area contributed by atoms with Gasteiger partial charge in [0.15, 0.2) is 0 Å². The molecule has 0 aliphatic rings. The van der Waals surface area contributed by atoms with E-state index < -0.39 is 0 Å². The van der Waals surface area contributed by atoms with Gasteiger partial charge >= 0.3 is 5.97 Å². The van der Waals surface area contributed by atoms with Gasteiger partial charge in [0.05, 0.1) is 13.0 Å². The molecule has 0 aromatic heterocycles. The minimum Gasteiger partial charge on any atom is -0.469 e. The molecule has 128 valence electrons. The molecule has 1 atom stereocenters. The van der Waals surface area contributed by atoms with E-state index in [1.165, 1.54) is 20.0 Å². The number of rotatable bonds is 9. The van der Waals surface area contributed by atoms with Gasteiger partial charge in [0.2, 0.25) is 0 Å². The monoisotopic (exact) mass is 326 g/mol. The third-order valence-electron chi connectivity index (χ3n) is 4.07. The maximum atomic E-state index is 12.2. The fraction of sp³-hybridized carbons (Fsp3) is 0.381. The van der Waals surface area contributed by atoms with Gasteiger partial charge in [-0.2, -0.15) is 0 Å². The first kappa shape index (κ1) is 18.1. The van der Waals surface area contributed by atoms with E-state index in [9.17, 15) is 4.79 Å². The SMILES string of the molecule is CCCCCCC(C(=O)OC)c1cccc(Oc2ccccc2)c1. The molecule has 3 nitrogen and oxygen atoms in total. The Kier molecular flexibility index (Phi) is 7.34. The highest BCUT2D eigenvalue weighted by Crippen LogP contribution is 2.29. The van der Waals surface area contributed by atoms with Crippen molar-refractivity contribution in [2.24, 2.45) is 0 Å². The quantitative estimate of drug-likeness (QED) is 0.437. The summed E-state index contributed by atoms with van der Waals surface area (Å²) in [6, 6.07) is 17.4. The number of hydrogen-bond donors (Lipinski definition) is 0. The van der Waals surface area contributed by atoms with Gasteiger partial charge in [-0.05, 0) is 36.2 Å². The molecular formula is C21H26O3. The van der Waals surface area contributed by atoms with Crippen molar-refractivity contribution in [3.05, 3.63) is 60.2 Å². The molecule has 0 spiro atoms. The van der Waals surface area contributed by atoms with Gasteiger partial charge in [-0.3, -0.25) is 4.79 Å². The van der Waals surface area contributed by atoms with Crippen molar-refractivity contribution in [1.82, 2.24) is 0 Å². The Labute approximate surface area is 144 Å². The normalized spacial score (nSPS) is 11.8. The van der Waals surface area contributed by atoms with Gasteiger partial charge in [-0.25, -0.2) is 0 Å². The van der Waals surface area contributed by atoms with Crippen molar-refractivity contribution in [1.29, 1.82) is 0 Å². The fourth-order valence-electron chi connectivity index (χ4n) is 2.76. The molecule has 0 saturated carbocycles. The number of methoxy groups -OCH3 is 1. The molecule has 2 aromatic carbocycles. The largest absolute Gasteiger partial charge is 0.469 e. The molecule has 0 amide bonds. The Morgan fingerprint density at radius 3 is 2.42 bits per heavy atom. The zero-order valence-electron chi connectivity index (χ0n) is 14.5. The van der Waals surface area contributed by atoms with Crippen LogP contribution in [0.25, 0.3) is 0 Å². The lowest BCUT2D eigenvalue weighted by Gasteiger charge is -2.16. The maximum Gasteiger partial charge on any atom is 0.313 e. The lowest BCUT2D eigenvalue weighted by atomic mass is 9.93. The van der Waals surface area contributed by atoms with E-state index in [1.807, 2.05) is 54.6 Å². The second-order valence-electron chi connectivity index (χ2n) is 5.91. The van der Waals surface area contributed by atoms with Crippen molar-refractivity contribution >= 4 is 5.97 Å². The van der Waals surface area contributed by atoms with Crippen LogP contribution in [-0.4, -0.2) is 13.1 Å². The second kappa shape index (κ2) is 9.76. The predicted molar refractivity (Wildman–Crippen MR) is 96.5 cm³/mol. The summed E-state index contributed by atoms with van der Waals surface area (Å²) in [5, 5.41) is 0. The zero-order chi connectivity index (χ0) is 17.2. The Balaban J connectivity index is 2.11. The van der Waals surface area contributed by atoms with Crippen molar-refractivity contribution in [2.45, 2.75) is 44.9 Å². The summed E-state index contributed by atoms with van der Waals surface area (Å²) >= 11 is 0. The van der Waals surface area contributed by atoms with Crippen LogP contribution in [0.4, 0.5) is 0 Å². The number of unbranched alkanes of at least 4 members (excludes halogenated alkanes) is 3. The van der Waals surface area contributed by atoms with Crippen LogP contribution >= 0.6 is 0 Å². The van der Waals surface area contributed by atoms with Crippen LogP contribution in [0.3, 0.4) is 0 Å². The van der Waals surface area contributed by atoms with Gasteiger partial charge in [0.1, 0.15) is 11.5 Å². The van der Waals surface area contributed by atoms with Crippen molar-refractivity contribution in [3.8, 4) is 11.5 Å². The topological polar surface area (TPSA) is 35.5 Å². The summed E-state index contributed by atoms with van der Waals surface area (Å²) in [5.74, 6) is 1.11. The Morgan fingerprint density at radius 1 is 0.958 bits per heavy atom. The van der Waals surface area contributed by atoms with Gasteiger partial charge in [0, 0.05) is 0 Å². The summed E-state index contributed by atoms with van der Waals surface area (Å²) < 4.78 is 10.9. The molecule has 2 rings (SSSR count). The number of para-hydroxylation sites is 1. The fourth-order valence-corrected chi connectivity index (χ4v) is 2.76. The molecule has 2 aromatic rings. The first-order valence-corrected chi connectivity index (χ1v) is 8.65. The molecule has 0 aliphatic carbocycles. The molecule has 0 aliphatic heterocycles. The third kappa shape index (κ3) is 5.41. The van der Waals surface area contributed by atoms with E-state index in [2.05, 4.69) is 6.92 Å². The van der Waals surface area contributed by atoms with Crippen LogP contribution < -0.4 is 4.74 Å². The van der Waals surface area contributed by atoms with E-state index in [4.69, 9.17) is 9.47 Å². The zero-order valence-corrected chi connectivity index (χ0v) is 14.5. The summed E-state index contributed by atoms with van der Waals surface area (Å²) in [7, 11) is 1.45. The number of benzene rings is 2. The first-order valence-electron chi connectivity index (χ1n) is 8.65. The van der Waals surface area contributed by atoms with Crippen LogP contribution in [0.5, 0.6) is 11.5 Å². The molecule has 0 radical (unpaired) electrons. The smallest absolute Gasteiger partial charge is 0.313 e. The summed E-state index contributed by atoms with van der Waals surface area (Å²) in [4.78, 5) is 12.2. The minimum atomic E-state index is -0.230. The number of carbonyl (C=O) groups excluding carboxylic acids is 1. The second-order valence-corrected chi connectivity index (χ2v) is 5.91. The van der Waals surface area contributed by atoms with Crippen LogP contribution in [0.2, 0.25) is 0 Å². The third-order valence-corrected chi connectivity index (χ3v) is 4.07. The Hall–Kier alpha value is -2.29. The van der Waals surface area contributed by atoms with E-state index in [0.29, 0.717) is 0 Å². The van der Waals surface area contributed by atoms with Gasteiger partial charge in [-0.1, -0.05) is 62.9 Å². The average Bonchev–Trinajstić information content (AvgIpc) is 2.62. The first-order chi connectivity index (χ1) is 11.7. The van der Waals surface area contributed by atoms with Crippen LogP contribution in [0, 0.1) is 0 Å². The van der Waals surface area contributed by atoms with E-state index in [1.54, 1.807) is 0 Å². The highest BCUT2D eigenvalue weighted by atomic mass is 16.5. The maximum absolute atomic E-state index is 12.2. The highest BCUT2D eigenvalue weighted by molar-refractivity contribution is 5.78. The summed E-state index contributed by atoms with van der Waals surface area (Å²) in [5.41, 5.74) is 0.951. The summed E-state index contributed by atoms with van der Waals surface area (Å²) in [6.45, 7) is 2.18. The van der Waals surface area contributed by atoms with Gasteiger partial charge in [-0.15, -0.1) is 0 Å². The van der Waals surface area contributed by atoms with E-state index in [0.717, 1.165) is 36.3 Å². The van der Waals surface area contributed by atoms with E-state index >= 15 is 0 Å². The molecule has 0 saturated heterocycles. The standard InChI is InChI=1S/C21H26O3/c1-3-4-5-9-15-20(21(22)23-2)17-11-10-14-19(16-17)24-18-12-7-6-8-13-18/h6-8,10-14,16,20H,3-5,9,15H2,1-2H3. The minimum absolute atomic E-state index is 0.177. The lowest BCUT2D eigenvalue weighted by Crippen LogP contribution is -2.14. The molecule has 3 heteroatoms. The van der Waals surface area contributed by atoms with Crippen LogP contribution in [0.1, 0.15) is 50.5 Å². The van der Waals surface area contributed by atoms with Gasteiger partial charge < -0.3 is 9.47 Å². The molecule has 0 fully saturated rings. The number of carbonyl (C=O) groups is 1. The van der Waals surface area contributed by atoms with Crippen LogP contribution in [0.15, 0.2) is 54.6 Å². The summed E-state index contributed by atoms with van der Waals surface area (Å²) in [6.07, 6.45) is 5.36. The van der Waals surface area contributed by atoms with Crippen molar-refractivity contribution in [2.75, 3.05) is 7.11 Å². The molecule has 1 unspecified atom stereocenters. The lowest BCUT2D eigenvalue weighted by molar-refractivity contribution is -0.142. The van der Waals surface area contributed by atoms with Gasteiger partial charge in [0.25, 0.3) is 0 Å². The predicted octanol–water partition coefficient (Wildman–Crippen LogP) is 5.71. The molecule has 0 N–H and O–H groups in total. The molecular weight excluding hydrogens is 300 g/mol. The Morgan fingerprint density at radius 2 is 1.71 bits per heavy atom. The molecule has 0 heterocycles. The van der Waals surface area contributed by atoms with Crippen molar-refractivity contribution in [3.63, 3.8) is 0 Å². The Bertz CT molecular complexity index is 622. The van der Waals surface area contributed by atoms with Crippen LogP contribution in [-0.2, 0) is 9.53 Å². The van der Waals surface area contributed by atoms with Crippen molar-refractivity contribution < 1.29 is 14.3 Å². The molecule has 24 heavy (non-hydrogen) atoms. The van der Waals surface area contributed by atoms with E-state index in [-0.39, 0.29) is 11.9 Å².